The molecule has 0 radical (unpaired) electrons. The van der Waals surface area contributed by atoms with Crippen LogP contribution in [0.1, 0.15) is 11.3 Å². The molecule has 2 rings (SSSR count). The predicted octanol–water partition coefficient (Wildman–Crippen LogP) is 2.81. The second-order valence-electron chi connectivity index (χ2n) is 3.89. The van der Waals surface area contributed by atoms with Gasteiger partial charge >= 0.3 is 0 Å². The molecule has 0 bridgehead atoms. The lowest BCUT2D eigenvalue weighted by Gasteiger charge is -2.05. The normalized spacial score (nSPS) is 10.7. The van der Waals surface area contributed by atoms with E-state index in [4.69, 9.17) is 9.15 Å². The Balaban J connectivity index is 2.31. The first-order chi connectivity index (χ1) is 8.35. The van der Waals surface area contributed by atoms with Gasteiger partial charge in [0.05, 0.1) is 13.2 Å². The third-order valence-electron chi connectivity index (χ3n) is 2.60. The molecule has 2 aromatic rings. The average molecular weight is 231 g/mol. The topological polar surface area (TPSA) is 34.4 Å². The summed E-state index contributed by atoms with van der Waals surface area (Å²) in [6.45, 7) is 1.34. The Morgan fingerprint density at radius 1 is 1.18 bits per heavy atom. The molecule has 0 fully saturated rings. The van der Waals surface area contributed by atoms with Gasteiger partial charge < -0.3 is 14.5 Å². The summed E-state index contributed by atoms with van der Waals surface area (Å²) in [4.78, 5) is 0. The molecular weight excluding hydrogens is 214 g/mol. The molecule has 3 nitrogen and oxygen atoms in total. The molecular formula is C14H17NO2. The molecule has 0 saturated heterocycles. The van der Waals surface area contributed by atoms with Gasteiger partial charge in [-0.25, -0.2) is 0 Å². The van der Waals surface area contributed by atoms with E-state index in [0.29, 0.717) is 6.61 Å². The van der Waals surface area contributed by atoms with Gasteiger partial charge in [-0.3, -0.25) is 0 Å². The zero-order valence-corrected chi connectivity index (χ0v) is 10.2. The Labute approximate surface area is 101 Å². The lowest BCUT2D eigenvalue weighted by molar-refractivity contribution is 0.185. The summed E-state index contributed by atoms with van der Waals surface area (Å²) in [6.07, 6.45) is 0. The largest absolute Gasteiger partial charge is 0.460 e. The van der Waals surface area contributed by atoms with Crippen molar-refractivity contribution < 1.29 is 9.15 Å². The minimum absolute atomic E-state index is 0.595. The molecule has 0 aliphatic carbocycles. The Bertz CT molecular complexity index is 477. The van der Waals surface area contributed by atoms with E-state index in [1.807, 2.05) is 31.3 Å². The van der Waals surface area contributed by atoms with E-state index in [-0.39, 0.29) is 0 Å². The summed E-state index contributed by atoms with van der Waals surface area (Å²) < 4.78 is 11.0. The molecule has 1 aromatic carbocycles. The SMILES string of the molecule is CNCc1ccc(-c2ccccc2COC)o1. The van der Waals surface area contributed by atoms with Gasteiger partial charge in [-0.05, 0) is 24.7 Å². The predicted molar refractivity (Wildman–Crippen MR) is 67.6 cm³/mol. The molecule has 0 atom stereocenters. The van der Waals surface area contributed by atoms with Crippen molar-refractivity contribution in [2.75, 3.05) is 14.2 Å². The maximum Gasteiger partial charge on any atom is 0.134 e. The molecule has 1 N–H and O–H groups in total. The molecule has 1 heterocycles. The fourth-order valence-corrected chi connectivity index (χ4v) is 1.83. The number of benzene rings is 1. The van der Waals surface area contributed by atoms with Crippen LogP contribution >= 0.6 is 0 Å². The first-order valence-corrected chi connectivity index (χ1v) is 5.65. The van der Waals surface area contributed by atoms with E-state index in [0.717, 1.165) is 29.2 Å². The number of hydrogen-bond acceptors (Lipinski definition) is 3. The monoisotopic (exact) mass is 231 g/mol. The Morgan fingerprint density at radius 3 is 2.76 bits per heavy atom. The molecule has 17 heavy (non-hydrogen) atoms. The maximum atomic E-state index is 5.78. The zero-order valence-electron chi connectivity index (χ0n) is 10.2. The van der Waals surface area contributed by atoms with Crippen molar-refractivity contribution in [3.63, 3.8) is 0 Å². The number of rotatable bonds is 5. The highest BCUT2D eigenvalue weighted by molar-refractivity contribution is 5.62. The zero-order chi connectivity index (χ0) is 12.1. The summed E-state index contributed by atoms with van der Waals surface area (Å²) in [7, 11) is 3.60. The molecule has 0 saturated carbocycles. The molecule has 0 amide bonds. The second-order valence-corrected chi connectivity index (χ2v) is 3.89. The van der Waals surface area contributed by atoms with Crippen LogP contribution in [-0.4, -0.2) is 14.2 Å². The molecule has 0 aliphatic heterocycles. The van der Waals surface area contributed by atoms with Gasteiger partial charge in [0.25, 0.3) is 0 Å². The summed E-state index contributed by atoms with van der Waals surface area (Å²) >= 11 is 0. The fraction of sp³-hybridized carbons (Fsp3) is 0.286. The molecule has 1 aromatic heterocycles. The van der Waals surface area contributed by atoms with Gasteiger partial charge in [-0.2, -0.15) is 0 Å². The van der Waals surface area contributed by atoms with E-state index in [9.17, 15) is 0 Å². The first-order valence-electron chi connectivity index (χ1n) is 5.65. The highest BCUT2D eigenvalue weighted by Crippen LogP contribution is 2.26. The van der Waals surface area contributed by atoms with Crippen LogP contribution in [-0.2, 0) is 17.9 Å². The third kappa shape index (κ3) is 2.75. The number of hydrogen-bond donors (Lipinski definition) is 1. The van der Waals surface area contributed by atoms with Crippen LogP contribution in [0.15, 0.2) is 40.8 Å². The van der Waals surface area contributed by atoms with Crippen molar-refractivity contribution in [3.05, 3.63) is 47.7 Å². The van der Waals surface area contributed by atoms with E-state index in [1.54, 1.807) is 7.11 Å². The van der Waals surface area contributed by atoms with Crippen LogP contribution in [0, 0.1) is 0 Å². The maximum absolute atomic E-state index is 5.78. The van der Waals surface area contributed by atoms with Gasteiger partial charge in [-0.15, -0.1) is 0 Å². The molecule has 0 unspecified atom stereocenters. The van der Waals surface area contributed by atoms with Gasteiger partial charge in [0.2, 0.25) is 0 Å². The minimum atomic E-state index is 0.595. The van der Waals surface area contributed by atoms with Crippen molar-refractivity contribution in [2.24, 2.45) is 0 Å². The number of nitrogens with one attached hydrogen (secondary N) is 1. The lowest BCUT2D eigenvalue weighted by atomic mass is 10.1. The van der Waals surface area contributed by atoms with Gasteiger partial charge in [0.1, 0.15) is 11.5 Å². The van der Waals surface area contributed by atoms with Crippen molar-refractivity contribution >= 4 is 0 Å². The number of methoxy groups -OCH3 is 1. The lowest BCUT2D eigenvalue weighted by Crippen LogP contribution is -2.03. The highest BCUT2D eigenvalue weighted by atomic mass is 16.5. The van der Waals surface area contributed by atoms with Crippen molar-refractivity contribution in [2.45, 2.75) is 13.2 Å². The Kier molecular flexibility index (Phi) is 3.96. The second kappa shape index (κ2) is 5.66. The number of furan rings is 1. The fourth-order valence-electron chi connectivity index (χ4n) is 1.83. The van der Waals surface area contributed by atoms with Crippen LogP contribution in [0.5, 0.6) is 0 Å². The van der Waals surface area contributed by atoms with Crippen molar-refractivity contribution in [1.29, 1.82) is 0 Å². The van der Waals surface area contributed by atoms with Crippen LogP contribution in [0.4, 0.5) is 0 Å². The summed E-state index contributed by atoms with van der Waals surface area (Å²) in [5.74, 6) is 1.83. The quantitative estimate of drug-likeness (QED) is 0.859. The molecule has 3 heteroatoms. The first kappa shape index (κ1) is 11.9. The van der Waals surface area contributed by atoms with Gasteiger partial charge in [0.15, 0.2) is 0 Å². The van der Waals surface area contributed by atoms with Crippen molar-refractivity contribution in [3.8, 4) is 11.3 Å². The molecule has 90 valence electrons. The van der Waals surface area contributed by atoms with Crippen LogP contribution < -0.4 is 5.32 Å². The number of ether oxygens (including phenoxy) is 1. The van der Waals surface area contributed by atoms with Crippen LogP contribution in [0.25, 0.3) is 11.3 Å². The van der Waals surface area contributed by atoms with E-state index < -0.39 is 0 Å². The van der Waals surface area contributed by atoms with E-state index in [2.05, 4.69) is 17.4 Å². The molecule has 0 spiro atoms. The summed E-state index contributed by atoms with van der Waals surface area (Å²) in [5.41, 5.74) is 2.23. The van der Waals surface area contributed by atoms with Crippen molar-refractivity contribution in [1.82, 2.24) is 5.32 Å². The summed E-state index contributed by atoms with van der Waals surface area (Å²) in [5, 5.41) is 3.07. The molecule has 0 aliphatic rings. The van der Waals surface area contributed by atoms with Crippen LogP contribution in [0.2, 0.25) is 0 Å². The van der Waals surface area contributed by atoms with Crippen LogP contribution in [0.3, 0.4) is 0 Å². The third-order valence-corrected chi connectivity index (χ3v) is 2.60. The highest BCUT2D eigenvalue weighted by Gasteiger charge is 2.08. The van der Waals surface area contributed by atoms with Gasteiger partial charge in [0, 0.05) is 12.7 Å². The van der Waals surface area contributed by atoms with E-state index in [1.165, 1.54) is 0 Å². The minimum Gasteiger partial charge on any atom is -0.460 e. The standard InChI is InChI=1S/C14H17NO2/c1-15-9-12-7-8-14(17-12)13-6-4-3-5-11(13)10-16-2/h3-8,15H,9-10H2,1-2H3. The van der Waals surface area contributed by atoms with Gasteiger partial charge in [-0.1, -0.05) is 24.3 Å². The smallest absolute Gasteiger partial charge is 0.134 e. The van der Waals surface area contributed by atoms with E-state index >= 15 is 0 Å². The Hall–Kier alpha value is -1.58. The summed E-state index contributed by atoms with van der Waals surface area (Å²) in [6, 6.07) is 12.1. The Morgan fingerprint density at radius 2 is 2.00 bits per heavy atom. The average Bonchev–Trinajstić information content (AvgIpc) is 2.79.